The van der Waals surface area contributed by atoms with Gasteiger partial charge in [0, 0.05) is 5.56 Å². The third kappa shape index (κ3) is 2.02. The van der Waals surface area contributed by atoms with Crippen LogP contribution in [0.3, 0.4) is 0 Å². The Labute approximate surface area is 103 Å². The van der Waals surface area contributed by atoms with E-state index in [-0.39, 0.29) is 0 Å². The maximum atomic E-state index is 10.2. The second-order valence-electron chi connectivity index (χ2n) is 5.25. The summed E-state index contributed by atoms with van der Waals surface area (Å²) < 4.78 is 0. The normalized spacial score (nSPS) is 11.6. The Morgan fingerprint density at radius 2 is 1.47 bits per heavy atom. The first-order valence-electron chi connectivity index (χ1n) is 6.27. The van der Waals surface area contributed by atoms with Gasteiger partial charge >= 0.3 is 0 Å². The molecule has 0 saturated carbocycles. The standard InChI is InChI=1S/C16H20O/c1-10(2)15-13-8-6-5-7-12(13)9-14(17)16(15)11(3)4/h5-11,17H,1-4H3. The molecule has 90 valence electrons. The lowest BCUT2D eigenvalue weighted by Gasteiger charge is -2.20. The molecular formula is C16H20O. The van der Waals surface area contributed by atoms with Crippen molar-refractivity contribution in [1.29, 1.82) is 0 Å². The van der Waals surface area contributed by atoms with E-state index < -0.39 is 0 Å². The Hall–Kier alpha value is -1.50. The second kappa shape index (κ2) is 4.40. The zero-order valence-corrected chi connectivity index (χ0v) is 11.0. The van der Waals surface area contributed by atoms with E-state index in [9.17, 15) is 5.11 Å². The molecule has 1 heteroatoms. The van der Waals surface area contributed by atoms with Crippen molar-refractivity contribution in [2.75, 3.05) is 0 Å². The molecule has 0 radical (unpaired) electrons. The fraction of sp³-hybridized carbons (Fsp3) is 0.375. The largest absolute Gasteiger partial charge is 0.508 e. The summed E-state index contributed by atoms with van der Waals surface area (Å²) in [6, 6.07) is 10.2. The van der Waals surface area contributed by atoms with Gasteiger partial charge in [-0.1, -0.05) is 52.0 Å². The highest BCUT2D eigenvalue weighted by Crippen LogP contribution is 2.38. The first kappa shape index (κ1) is 12.0. The van der Waals surface area contributed by atoms with E-state index in [1.54, 1.807) is 0 Å². The topological polar surface area (TPSA) is 20.2 Å². The van der Waals surface area contributed by atoms with Crippen molar-refractivity contribution in [3.63, 3.8) is 0 Å². The van der Waals surface area contributed by atoms with Crippen LogP contribution < -0.4 is 0 Å². The van der Waals surface area contributed by atoms with Gasteiger partial charge in [0.05, 0.1) is 0 Å². The van der Waals surface area contributed by atoms with Crippen LogP contribution in [-0.4, -0.2) is 5.11 Å². The highest BCUT2D eigenvalue weighted by molar-refractivity contribution is 5.89. The molecule has 0 spiro atoms. The van der Waals surface area contributed by atoms with Gasteiger partial charge in [-0.15, -0.1) is 0 Å². The maximum Gasteiger partial charge on any atom is 0.119 e. The van der Waals surface area contributed by atoms with Crippen LogP contribution in [0.2, 0.25) is 0 Å². The lowest BCUT2D eigenvalue weighted by molar-refractivity contribution is 0.464. The van der Waals surface area contributed by atoms with E-state index >= 15 is 0 Å². The molecule has 0 aliphatic carbocycles. The number of phenols is 1. The Bertz CT molecular complexity index is 538. The molecule has 0 aliphatic heterocycles. The van der Waals surface area contributed by atoms with Crippen molar-refractivity contribution >= 4 is 10.8 Å². The van der Waals surface area contributed by atoms with Crippen molar-refractivity contribution in [3.05, 3.63) is 41.5 Å². The van der Waals surface area contributed by atoms with E-state index in [4.69, 9.17) is 0 Å². The van der Waals surface area contributed by atoms with Gasteiger partial charge in [-0.2, -0.15) is 0 Å². The fourth-order valence-corrected chi connectivity index (χ4v) is 2.61. The monoisotopic (exact) mass is 228 g/mol. The summed E-state index contributed by atoms with van der Waals surface area (Å²) in [5.41, 5.74) is 2.38. The van der Waals surface area contributed by atoms with Gasteiger partial charge in [-0.3, -0.25) is 0 Å². The quantitative estimate of drug-likeness (QED) is 0.783. The highest BCUT2D eigenvalue weighted by atomic mass is 16.3. The first-order chi connectivity index (χ1) is 8.02. The second-order valence-corrected chi connectivity index (χ2v) is 5.25. The van der Waals surface area contributed by atoms with Gasteiger partial charge in [-0.05, 0) is 34.2 Å². The molecule has 1 N–H and O–H groups in total. The van der Waals surface area contributed by atoms with Crippen molar-refractivity contribution in [2.45, 2.75) is 39.5 Å². The predicted octanol–water partition coefficient (Wildman–Crippen LogP) is 4.79. The zero-order valence-electron chi connectivity index (χ0n) is 11.0. The lowest BCUT2D eigenvalue weighted by atomic mass is 9.86. The van der Waals surface area contributed by atoms with Crippen molar-refractivity contribution < 1.29 is 5.11 Å². The van der Waals surface area contributed by atoms with Gasteiger partial charge in [0.2, 0.25) is 0 Å². The average molecular weight is 228 g/mol. The van der Waals surface area contributed by atoms with Crippen LogP contribution in [0.1, 0.15) is 50.7 Å². The van der Waals surface area contributed by atoms with Crippen molar-refractivity contribution in [1.82, 2.24) is 0 Å². The van der Waals surface area contributed by atoms with Crippen LogP contribution in [0.4, 0.5) is 0 Å². The van der Waals surface area contributed by atoms with E-state index in [2.05, 4.69) is 45.9 Å². The maximum absolute atomic E-state index is 10.2. The summed E-state index contributed by atoms with van der Waals surface area (Å²) >= 11 is 0. The lowest BCUT2D eigenvalue weighted by Crippen LogP contribution is -2.00. The SMILES string of the molecule is CC(C)c1c(O)cc2ccccc2c1C(C)C. The molecule has 0 atom stereocenters. The highest BCUT2D eigenvalue weighted by Gasteiger charge is 2.17. The molecule has 2 aromatic rings. The Morgan fingerprint density at radius 1 is 0.882 bits per heavy atom. The average Bonchev–Trinajstić information content (AvgIpc) is 2.26. The van der Waals surface area contributed by atoms with Gasteiger partial charge in [0.1, 0.15) is 5.75 Å². The Kier molecular flexibility index (Phi) is 3.10. The smallest absolute Gasteiger partial charge is 0.119 e. The van der Waals surface area contributed by atoms with Crippen molar-refractivity contribution in [3.8, 4) is 5.75 Å². The minimum atomic E-state index is 0.344. The van der Waals surface area contributed by atoms with Crippen LogP contribution in [0.15, 0.2) is 30.3 Å². The van der Waals surface area contributed by atoms with Crippen LogP contribution in [0.25, 0.3) is 10.8 Å². The van der Waals surface area contributed by atoms with E-state index in [1.807, 2.05) is 12.1 Å². The van der Waals surface area contributed by atoms with Gasteiger partial charge in [0.15, 0.2) is 0 Å². The third-order valence-corrected chi connectivity index (χ3v) is 3.26. The minimum Gasteiger partial charge on any atom is -0.508 e. The molecule has 0 fully saturated rings. The molecule has 0 heterocycles. The zero-order chi connectivity index (χ0) is 12.6. The number of rotatable bonds is 2. The molecule has 2 aromatic carbocycles. The Balaban J connectivity index is 2.88. The summed E-state index contributed by atoms with van der Waals surface area (Å²) in [7, 11) is 0. The number of phenolic OH excluding ortho intramolecular Hbond substituents is 1. The number of hydrogen-bond donors (Lipinski definition) is 1. The Morgan fingerprint density at radius 3 is 2.06 bits per heavy atom. The molecule has 0 amide bonds. The third-order valence-electron chi connectivity index (χ3n) is 3.26. The number of hydrogen-bond acceptors (Lipinski definition) is 1. The number of fused-ring (bicyclic) bond motifs is 1. The molecule has 2 rings (SSSR count). The van der Waals surface area contributed by atoms with Gasteiger partial charge < -0.3 is 5.11 Å². The first-order valence-corrected chi connectivity index (χ1v) is 6.27. The molecule has 17 heavy (non-hydrogen) atoms. The number of benzene rings is 2. The summed E-state index contributed by atoms with van der Waals surface area (Å²) in [6.45, 7) is 8.64. The summed E-state index contributed by atoms with van der Waals surface area (Å²) in [4.78, 5) is 0. The van der Waals surface area contributed by atoms with Crippen molar-refractivity contribution in [2.24, 2.45) is 0 Å². The molecule has 0 unspecified atom stereocenters. The van der Waals surface area contributed by atoms with Crippen LogP contribution in [-0.2, 0) is 0 Å². The molecule has 0 saturated heterocycles. The van der Waals surface area contributed by atoms with Crippen LogP contribution in [0.5, 0.6) is 5.75 Å². The van der Waals surface area contributed by atoms with E-state index in [0.29, 0.717) is 17.6 Å². The predicted molar refractivity (Wildman–Crippen MR) is 73.8 cm³/mol. The van der Waals surface area contributed by atoms with E-state index in [1.165, 1.54) is 10.9 Å². The summed E-state index contributed by atoms with van der Waals surface area (Å²) in [6.07, 6.45) is 0. The molecule has 1 nitrogen and oxygen atoms in total. The molecule has 0 aromatic heterocycles. The van der Waals surface area contributed by atoms with Gasteiger partial charge in [0.25, 0.3) is 0 Å². The molecule has 0 aliphatic rings. The van der Waals surface area contributed by atoms with Gasteiger partial charge in [-0.25, -0.2) is 0 Å². The van der Waals surface area contributed by atoms with E-state index in [0.717, 1.165) is 10.9 Å². The molecule has 0 bridgehead atoms. The molecular weight excluding hydrogens is 208 g/mol. The summed E-state index contributed by atoms with van der Waals surface area (Å²) in [5, 5.41) is 12.6. The summed E-state index contributed by atoms with van der Waals surface area (Å²) in [5.74, 6) is 1.20. The van der Waals surface area contributed by atoms with Crippen LogP contribution in [0, 0.1) is 0 Å². The minimum absolute atomic E-state index is 0.344. The fourth-order valence-electron chi connectivity index (χ4n) is 2.61. The van der Waals surface area contributed by atoms with Crippen LogP contribution >= 0.6 is 0 Å². The number of aromatic hydroxyl groups is 1.